The first-order valence-corrected chi connectivity index (χ1v) is 10.1. The number of likely N-dealkylation sites (tertiary alicyclic amines) is 1. The Morgan fingerprint density at radius 1 is 1.11 bits per heavy atom. The highest BCUT2D eigenvalue weighted by Gasteiger charge is 2.20. The van der Waals surface area contributed by atoms with Gasteiger partial charge in [-0.2, -0.15) is 0 Å². The number of rotatable bonds is 7. The van der Waals surface area contributed by atoms with Crippen LogP contribution in [0.5, 0.6) is 11.5 Å². The summed E-state index contributed by atoms with van der Waals surface area (Å²) in [6.07, 6.45) is 2.35. The maximum absolute atomic E-state index is 12.0. The standard InChI is InChI=1S/C21H24Cl2N2O3/c22-19-6-5-18(14-20(19)23)28-17-7-10-25(11-8-17)12-9-24-21(27)13-15-1-3-16(26)4-2-15/h1-6,14,17,26H,7-13H2,(H,24,27). The molecule has 0 saturated carbocycles. The minimum atomic E-state index is -0.0106. The highest BCUT2D eigenvalue weighted by molar-refractivity contribution is 6.42. The van der Waals surface area contributed by atoms with Crippen molar-refractivity contribution in [2.45, 2.75) is 25.4 Å². The van der Waals surface area contributed by atoms with Gasteiger partial charge in [-0.05, 0) is 42.7 Å². The Balaban J connectivity index is 1.33. The number of phenols is 1. The second-order valence-electron chi connectivity index (χ2n) is 6.93. The summed E-state index contributed by atoms with van der Waals surface area (Å²) >= 11 is 12.0. The van der Waals surface area contributed by atoms with E-state index in [-0.39, 0.29) is 17.8 Å². The predicted octanol–water partition coefficient (Wildman–Crippen LogP) is 3.90. The summed E-state index contributed by atoms with van der Waals surface area (Å²) in [4.78, 5) is 14.3. The monoisotopic (exact) mass is 422 g/mol. The van der Waals surface area contributed by atoms with Crippen molar-refractivity contribution in [3.63, 3.8) is 0 Å². The molecule has 0 aliphatic carbocycles. The minimum absolute atomic E-state index is 0.0106. The van der Waals surface area contributed by atoms with E-state index < -0.39 is 0 Å². The maximum atomic E-state index is 12.0. The van der Waals surface area contributed by atoms with Crippen LogP contribution in [0.4, 0.5) is 0 Å². The Labute approximate surface area is 175 Å². The predicted molar refractivity (Wildman–Crippen MR) is 111 cm³/mol. The lowest BCUT2D eigenvalue weighted by Gasteiger charge is -2.32. The summed E-state index contributed by atoms with van der Waals surface area (Å²) in [6.45, 7) is 3.30. The minimum Gasteiger partial charge on any atom is -0.508 e. The van der Waals surface area contributed by atoms with E-state index >= 15 is 0 Å². The van der Waals surface area contributed by atoms with E-state index in [0.717, 1.165) is 43.8 Å². The Kier molecular flexibility index (Phi) is 7.43. The summed E-state index contributed by atoms with van der Waals surface area (Å²) in [5.41, 5.74) is 0.885. The van der Waals surface area contributed by atoms with Crippen molar-refractivity contribution in [2.24, 2.45) is 0 Å². The summed E-state index contributed by atoms with van der Waals surface area (Å²) < 4.78 is 6.00. The quantitative estimate of drug-likeness (QED) is 0.709. The zero-order valence-electron chi connectivity index (χ0n) is 15.5. The van der Waals surface area contributed by atoms with Crippen molar-refractivity contribution in [3.05, 3.63) is 58.1 Å². The lowest BCUT2D eigenvalue weighted by molar-refractivity contribution is -0.120. The van der Waals surface area contributed by atoms with Crippen LogP contribution in [0, 0.1) is 0 Å². The fraction of sp³-hybridized carbons (Fsp3) is 0.381. The van der Waals surface area contributed by atoms with Crippen LogP contribution in [0.15, 0.2) is 42.5 Å². The molecule has 2 aromatic carbocycles. The van der Waals surface area contributed by atoms with Gasteiger partial charge in [0.2, 0.25) is 5.91 Å². The zero-order chi connectivity index (χ0) is 19.9. The number of ether oxygens (including phenoxy) is 1. The summed E-state index contributed by atoms with van der Waals surface area (Å²) in [5.74, 6) is 0.938. The second kappa shape index (κ2) is 10.0. The third-order valence-electron chi connectivity index (χ3n) is 4.78. The number of piperidine rings is 1. The number of nitrogens with zero attached hydrogens (tertiary/aromatic N) is 1. The topological polar surface area (TPSA) is 61.8 Å². The van der Waals surface area contributed by atoms with E-state index in [0.29, 0.717) is 23.0 Å². The van der Waals surface area contributed by atoms with Crippen molar-refractivity contribution in [1.82, 2.24) is 10.2 Å². The van der Waals surface area contributed by atoms with Gasteiger partial charge in [-0.25, -0.2) is 0 Å². The molecule has 1 fully saturated rings. The lowest BCUT2D eigenvalue weighted by atomic mass is 10.1. The number of aromatic hydroxyl groups is 1. The average Bonchev–Trinajstić information content (AvgIpc) is 2.68. The van der Waals surface area contributed by atoms with Crippen LogP contribution >= 0.6 is 23.2 Å². The number of amides is 1. The van der Waals surface area contributed by atoms with E-state index in [1.54, 1.807) is 36.4 Å². The summed E-state index contributed by atoms with van der Waals surface area (Å²) in [7, 11) is 0. The maximum Gasteiger partial charge on any atom is 0.224 e. The average molecular weight is 423 g/mol. The van der Waals surface area contributed by atoms with Crippen LogP contribution in [0.3, 0.4) is 0 Å². The molecule has 0 unspecified atom stereocenters. The Bertz CT molecular complexity index is 791. The van der Waals surface area contributed by atoms with Crippen molar-refractivity contribution in [2.75, 3.05) is 26.2 Å². The van der Waals surface area contributed by atoms with Crippen LogP contribution in [0.2, 0.25) is 10.0 Å². The molecule has 2 aromatic rings. The molecular weight excluding hydrogens is 399 g/mol. The smallest absolute Gasteiger partial charge is 0.224 e. The Hall–Kier alpha value is -1.95. The van der Waals surface area contributed by atoms with E-state index in [4.69, 9.17) is 27.9 Å². The molecule has 0 spiro atoms. The molecule has 3 rings (SSSR count). The molecular formula is C21H24Cl2N2O3. The molecule has 0 aromatic heterocycles. The number of nitrogens with one attached hydrogen (secondary N) is 1. The van der Waals surface area contributed by atoms with Gasteiger partial charge in [0.25, 0.3) is 0 Å². The highest BCUT2D eigenvalue weighted by atomic mass is 35.5. The molecule has 1 aliphatic rings. The van der Waals surface area contributed by atoms with Gasteiger partial charge < -0.3 is 20.1 Å². The number of halogens is 2. The molecule has 1 saturated heterocycles. The number of phenolic OH excluding ortho intramolecular Hbond substituents is 1. The molecule has 5 nitrogen and oxygen atoms in total. The van der Waals surface area contributed by atoms with E-state index in [9.17, 15) is 9.90 Å². The number of carbonyl (C=O) groups is 1. The molecule has 1 aliphatic heterocycles. The normalized spacial score (nSPS) is 15.4. The van der Waals surface area contributed by atoms with Gasteiger partial charge >= 0.3 is 0 Å². The van der Waals surface area contributed by atoms with Gasteiger partial charge in [0.05, 0.1) is 16.5 Å². The van der Waals surface area contributed by atoms with Crippen LogP contribution in [0.1, 0.15) is 18.4 Å². The molecule has 150 valence electrons. The van der Waals surface area contributed by atoms with Gasteiger partial charge in [0.1, 0.15) is 17.6 Å². The number of benzene rings is 2. The molecule has 1 heterocycles. The third kappa shape index (κ3) is 6.30. The van der Waals surface area contributed by atoms with Crippen molar-refractivity contribution < 1.29 is 14.6 Å². The zero-order valence-corrected chi connectivity index (χ0v) is 17.0. The third-order valence-corrected chi connectivity index (χ3v) is 5.52. The van der Waals surface area contributed by atoms with E-state index in [1.165, 1.54) is 0 Å². The first kappa shape index (κ1) is 20.8. The first-order valence-electron chi connectivity index (χ1n) is 9.38. The van der Waals surface area contributed by atoms with Crippen LogP contribution in [0.25, 0.3) is 0 Å². The summed E-state index contributed by atoms with van der Waals surface area (Å²) in [6, 6.07) is 12.0. The van der Waals surface area contributed by atoms with Crippen molar-refractivity contribution in [1.29, 1.82) is 0 Å². The lowest BCUT2D eigenvalue weighted by Crippen LogP contribution is -2.42. The van der Waals surface area contributed by atoms with Gasteiger partial charge in [-0.3, -0.25) is 4.79 Å². The molecule has 2 N–H and O–H groups in total. The van der Waals surface area contributed by atoms with Gasteiger partial charge in [0.15, 0.2) is 0 Å². The molecule has 7 heteroatoms. The largest absolute Gasteiger partial charge is 0.508 e. The molecule has 0 radical (unpaired) electrons. The number of hydrogen-bond acceptors (Lipinski definition) is 4. The molecule has 28 heavy (non-hydrogen) atoms. The van der Waals surface area contributed by atoms with Crippen molar-refractivity contribution in [3.8, 4) is 11.5 Å². The fourth-order valence-electron chi connectivity index (χ4n) is 3.21. The Morgan fingerprint density at radius 3 is 2.50 bits per heavy atom. The van der Waals surface area contributed by atoms with Crippen LogP contribution < -0.4 is 10.1 Å². The van der Waals surface area contributed by atoms with Crippen LogP contribution in [-0.4, -0.2) is 48.2 Å². The number of carbonyl (C=O) groups excluding carboxylic acids is 1. The van der Waals surface area contributed by atoms with Gasteiger partial charge in [0, 0.05) is 32.2 Å². The highest BCUT2D eigenvalue weighted by Crippen LogP contribution is 2.28. The number of hydrogen-bond donors (Lipinski definition) is 2. The molecule has 1 amide bonds. The van der Waals surface area contributed by atoms with Crippen LogP contribution in [-0.2, 0) is 11.2 Å². The molecule has 0 bridgehead atoms. The van der Waals surface area contributed by atoms with E-state index in [2.05, 4.69) is 10.2 Å². The SMILES string of the molecule is O=C(Cc1ccc(O)cc1)NCCN1CCC(Oc2ccc(Cl)c(Cl)c2)CC1. The molecule has 0 atom stereocenters. The first-order chi connectivity index (χ1) is 13.5. The van der Waals surface area contributed by atoms with E-state index in [1.807, 2.05) is 6.07 Å². The van der Waals surface area contributed by atoms with Gasteiger partial charge in [-0.1, -0.05) is 35.3 Å². The van der Waals surface area contributed by atoms with Gasteiger partial charge in [-0.15, -0.1) is 0 Å². The summed E-state index contributed by atoms with van der Waals surface area (Å²) in [5, 5.41) is 13.3. The fourth-order valence-corrected chi connectivity index (χ4v) is 3.50. The Morgan fingerprint density at radius 2 is 1.82 bits per heavy atom. The second-order valence-corrected chi connectivity index (χ2v) is 7.74. The van der Waals surface area contributed by atoms with Crippen molar-refractivity contribution >= 4 is 29.1 Å².